The molecule has 1 aliphatic rings. The van der Waals surface area contributed by atoms with Crippen molar-refractivity contribution < 1.29 is 14.2 Å². The molecule has 0 spiro atoms. The highest BCUT2D eigenvalue weighted by Gasteiger charge is 2.50. The van der Waals surface area contributed by atoms with E-state index in [2.05, 4.69) is 9.78 Å². The van der Waals surface area contributed by atoms with Gasteiger partial charge in [-0.25, -0.2) is 4.39 Å². The molecule has 1 aromatic rings. The first-order valence-electron chi connectivity index (χ1n) is 3.46. The van der Waals surface area contributed by atoms with E-state index in [0.717, 1.165) is 0 Å². The summed E-state index contributed by atoms with van der Waals surface area (Å²) < 4.78 is 12.7. The third-order valence-electron chi connectivity index (χ3n) is 1.72. The first-order valence-corrected chi connectivity index (χ1v) is 3.99. The minimum absolute atomic E-state index is 0.163. The lowest BCUT2D eigenvalue weighted by Crippen LogP contribution is -2.09. The van der Waals surface area contributed by atoms with E-state index in [0.29, 0.717) is 5.56 Å². The van der Waals surface area contributed by atoms with Gasteiger partial charge in [-0.3, -0.25) is 0 Å². The van der Waals surface area contributed by atoms with E-state index in [1.54, 1.807) is 12.1 Å². The van der Waals surface area contributed by atoms with E-state index in [9.17, 15) is 4.39 Å². The molecule has 4 heteroatoms. The molecular formula is C8H6ClFO2. The molecule has 1 fully saturated rings. The van der Waals surface area contributed by atoms with E-state index < -0.39 is 5.79 Å². The zero-order chi connectivity index (χ0) is 8.60. The number of alkyl halides is 1. The standard InChI is InChI=1S/C8H6ClFO2/c9-5-8(11-12-8)6-2-1-3-7(10)4-6/h1-4H,5H2. The van der Waals surface area contributed by atoms with Crippen molar-refractivity contribution in [3.05, 3.63) is 35.6 Å². The van der Waals surface area contributed by atoms with Gasteiger partial charge < -0.3 is 0 Å². The SMILES string of the molecule is Fc1cccc(C2(CCl)OO2)c1. The summed E-state index contributed by atoms with van der Waals surface area (Å²) >= 11 is 5.57. The smallest absolute Gasteiger partial charge is 0.207 e. The van der Waals surface area contributed by atoms with Gasteiger partial charge >= 0.3 is 0 Å². The monoisotopic (exact) mass is 188 g/mol. The molecule has 0 N–H and O–H groups in total. The molecule has 0 bridgehead atoms. The first kappa shape index (κ1) is 7.98. The van der Waals surface area contributed by atoms with Crippen molar-refractivity contribution in [2.45, 2.75) is 5.79 Å². The Morgan fingerprint density at radius 3 is 2.67 bits per heavy atom. The second-order valence-electron chi connectivity index (χ2n) is 2.56. The van der Waals surface area contributed by atoms with Gasteiger partial charge in [0.1, 0.15) is 5.82 Å². The quantitative estimate of drug-likeness (QED) is 0.404. The Balaban J connectivity index is 2.34. The van der Waals surface area contributed by atoms with E-state index in [1.807, 2.05) is 0 Å². The predicted molar refractivity (Wildman–Crippen MR) is 41.0 cm³/mol. The normalized spacial score (nSPS) is 19.2. The van der Waals surface area contributed by atoms with Crippen molar-refractivity contribution in [2.24, 2.45) is 0 Å². The Morgan fingerprint density at radius 1 is 1.42 bits per heavy atom. The number of hydrogen-bond donors (Lipinski definition) is 0. The highest BCUT2D eigenvalue weighted by molar-refractivity contribution is 6.18. The highest BCUT2D eigenvalue weighted by Crippen LogP contribution is 2.41. The van der Waals surface area contributed by atoms with Gasteiger partial charge in [-0.15, -0.1) is 11.6 Å². The molecule has 1 heterocycles. The summed E-state index contributed by atoms with van der Waals surface area (Å²) in [4.78, 5) is 9.38. The molecule has 0 radical (unpaired) electrons. The van der Waals surface area contributed by atoms with Crippen LogP contribution >= 0.6 is 11.6 Å². The topological polar surface area (TPSA) is 25.1 Å². The second-order valence-corrected chi connectivity index (χ2v) is 2.83. The summed E-state index contributed by atoms with van der Waals surface area (Å²) in [5.41, 5.74) is 0.609. The van der Waals surface area contributed by atoms with Crippen LogP contribution in [0.2, 0.25) is 0 Å². The summed E-state index contributed by atoms with van der Waals surface area (Å²) in [5.74, 6) is -1.06. The summed E-state index contributed by atoms with van der Waals surface area (Å²) in [6, 6.07) is 5.99. The molecule has 1 saturated heterocycles. The molecule has 64 valence electrons. The van der Waals surface area contributed by atoms with Crippen LogP contribution in [0.1, 0.15) is 5.56 Å². The Kier molecular flexibility index (Phi) is 1.79. The molecule has 0 amide bonds. The molecular weight excluding hydrogens is 183 g/mol. The summed E-state index contributed by atoms with van der Waals surface area (Å²) in [6.45, 7) is 0. The average Bonchev–Trinajstić information content (AvgIpc) is 2.84. The number of halogens is 2. The number of hydrogen-bond acceptors (Lipinski definition) is 2. The Hall–Kier alpha value is -0.640. The lowest BCUT2D eigenvalue weighted by Gasteiger charge is -2.01. The van der Waals surface area contributed by atoms with Crippen LogP contribution in [0.25, 0.3) is 0 Å². The minimum atomic E-state index is -0.899. The van der Waals surface area contributed by atoms with Gasteiger partial charge in [0.05, 0.1) is 5.88 Å². The van der Waals surface area contributed by atoms with E-state index in [4.69, 9.17) is 11.6 Å². The third kappa shape index (κ3) is 1.20. The van der Waals surface area contributed by atoms with Crippen molar-refractivity contribution in [3.8, 4) is 0 Å². The third-order valence-corrected chi connectivity index (χ3v) is 2.08. The maximum absolute atomic E-state index is 12.7. The zero-order valence-corrected chi connectivity index (χ0v) is 6.84. The van der Waals surface area contributed by atoms with Gasteiger partial charge in [0.2, 0.25) is 0 Å². The van der Waals surface area contributed by atoms with Crippen LogP contribution in [0, 0.1) is 5.82 Å². The predicted octanol–water partition coefficient (Wildman–Crippen LogP) is 2.18. The maximum Gasteiger partial charge on any atom is 0.272 e. The van der Waals surface area contributed by atoms with Gasteiger partial charge in [-0.1, -0.05) is 12.1 Å². The Labute approximate surface area is 73.8 Å². The van der Waals surface area contributed by atoms with E-state index in [-0.39, 0.29) is 11.7 Å². The van der Waals surface area contributed by atoms with Crippen LogP contribution in [0.5, 0.6) is 0 Å². The van der Waals surface area contributed by atoms with E-state index in [1.165, 1.54) is 12.1 Å². The fraction of sp³-hybridized carbons (Fsp3) is 0.250. The van der Waals surface area contributed by atoms with Gasteiger partial charge in [0, 0.05) is 5.56 Å². The highest BCUT2D eigenvalue weighted by atomic mass is 35.5. The van der Waals surface area contributed by atoms with Crippen LogP contribution in [0.4, 0.5) is 4.39 Å². The average molecular weight is 189 g/mol. The fourth-order valence-corrected chi connectivity index (χ4v) is 1.24. The zero-order valence-electron chi connectivity index (χ0n) is 6.09. The van der Waals surface area contributed by atoms with Crippen molar-refractivity contribution in [2.75, 3.05) is 5.88 Å². The van der Waals surface area contributed by atoms with Crippen LogP contribution in [-0.4, -0.2) is 5.88 Å². The van der Waals surface area contributed by atoms with Crippen molar-refractivity contribution in [1.82, 2.24) is 0 Å². The van der Waals surface area contributed by atoms with Gasteiger partial charge in [-0.2, -0.15) is 9.78 Å². The van der Waals surface area contributed by atoms with Crippen LogP contribution < -0.4 is 0 Å². The Bertz CT molecular complexity index is 299. The molecule has 0 unspecified atom stereocenters. The number of benzene rings is 1. The van der Waals surface area contributed by atoms with Gasteiger partial charge in [-0.05, 0) is 12.1 Å². The molecule has 0 aliphatic carbocycles. The second kappa shape index (κ2) is 2.69. The Morgan fingerprint density at radius 2 is 2.17 bits per heavy atom. The largest absolute Gasteiger partial charge is 0.272 e. The van der Waals surface area contributed by atoms with Gasteiger partial charge in [0.25, 0.3) is 5.79 Å². The van der Waals surface area contributed by atoms with Crippen LogP contribution in [0.15, 0.2) is 24.3 Å². The van der Waals surface area contributed by atoms with Crippen molar-refractivity contribution in [3.63, 3.8) is 0 Å². The first-order chi connectivity index (χ1) is 5.77. The lowest BCUT2D eigenvalue weighted by molar-refractivity contribution is 0.0850. The molecule has 0 atom stereocenters. The van der Waals surface area contributed by atoms with Gasteiger partial charge in [0.15, 0.2) is 0 Å². The summed E-state index contributed by atoms with van der Waals surface area (Å²) in [5, 5.41) is 0. The van der Waals surface area contributed by atoms with Crippen LogP contribution in [0.3, 0.4) is 0 Å². The van der Waals surface area contributed by atoms with E-state index >= 15 is 0 Å². The maximum atomic E-state index is 12.7. The molecule has 12 heavy (non-hydrogen) atoms. The molecule has 2 nitrogen and oxygen atoms in total. The molecule has 0 saturated carbocycles. The number of rotatable bonds is 2. The fourth-order valence-electron chi connectivity index (χ4n) is 0.994. The minimum Gasteiger partial charge on any atom is -0.207 e. The molecule has 1 aromatic carbocycles. The van der Waals surface area contributed by atoms with Crippen molar-refractivity contribution in [1.29, 1.82) is 0 Å². The molecule has 2 rings (SSSR count). The molecule has 1 aliphatic heterocycles. The molecule has 0 aromatic heterocycles. The summed E-state index contributed by atoms with van der Waals surface area (Å²) in [7, 11) is 0. The lowest BCUT2D eigenvalue weighted by atomic mass is 10.1. The van der Waals surface area contributed by atoms with Crippen LogP contribution in [-0.2, 0) is 15.6 Å². The van der Waals surface area contributed by atoms with Crippen molar-refractivity contribution >= 4 is 11.6 Å². The summed E-state index contributed by atoms with van der Waals surface area (Å²) in [6.07, 6.45) is 0.